The van der Waals surface area contributed by atoms with Crippen LogP contribution >= 0.6 is 0 Å². The van der Waals surface area contributed by atoms with Crippen molar-refractivity contribution >= 4 is 34.6 Å². The molecule has 0 aliphatic carbocycles. The van der Waals surface area contributed by atoms with Gasteiger partial charge in [0.1, 0.15) is 23.9 Å². The second-order valence-corrected chi connectivity index (χ2v) is 19.9. The first kappa shape index (κ1) is 48.4. The zero-order chi connectivity index (χ0) is 48.4. The van der Waals surface area contributed by atoms with Crippen LogP contribution in [0.3, 0.4) is 0 Å². The summed E-state index contributed by atoms with van der Waals surface area (Å²) in [7, 11) is 3.35. The number of nitrogens with one attached hydrogen (secondary N) is 3. The molecule has 6 atom stereocenters. The number of cyclic esters (lactones) is 1. The number of aromatic nitrogens is 2. The predicted octanol–water partition coefficient (Wildman–Crippen LogP) is 7.29. The van der Waals surface area contributed by atoms with E-state index in [-0.39, 0.29) is 48.7 Å². The molecule has 5 heterocycles. The number of nitrogens with zero attached hydrogens (tertiary/aromatic N) is 4. The number of ether oxygens (including phenoxy) is 2. The number of phenols is 1. The van der Waals surface area contributed by atoms with Crippen LogP contribution in [-0.4, -0.2) is 100 Å². The molecule has 3 aliphatic rings. The quantitative estimate of drug-likeness (QED) is 0.105. The maximum Gasteiger partial charge on any atom is 0.324 e. The number of hydrogen-bond acceptors (Lipinski definition) is 10. The van der Waals surface area contributed by atoms with Gasteiger partial charge in [0.25, 0.3) is 5.91 Å². The van der Waals surface area contributed by atoms with Gasteiger partial charge < -0.3 is 34.7 Å². The largest absolute Gasteiger partial charge is 0.508 e. The fourth-order valence-electron chi connectivity index (χ4n) is 10.6. The average Bonchev–Trinajstić information content (AvgIpc) is 3.94. The maximum absolute atomic E-state index is 14.8. The van der Waals surface area contributed by atoms with Crippen molar-refractivity contribution in [2.75, 3.05) is 33.9 Å². The number of pyridine rings is 1. The molecule has 0 saturated carbocycles. The molecule has 2 saturated heterocycles. The lowest BCUT2D eigenvalue weighted by Gasteiger charge is -2.37. The zero-order valence-corrected chi connectivity index (χ0v) is 40.7. The molecule has 6 bridgehead atoms. The molecule has 4 N–H and O–H groups in total. The Morgan fingerprint density at radius 2 is 1.79 bits per heavy atom. The van der Waals surface area contributed by atoms with E-state index in [0.717, 1.165) is 50.1 Å². The minimum Gasteiger partial charge on any atom is -0.508 e. The number of carbonyl (C=O) groups excluding carboxylic acids is 4. The normalized spacial score (nSPS) is 21.8. The molecule has 0 radical (unpaired) electrons. The lowest BCUT2D eigenvalue weighted by atomic mass is 9.84. The van der Waals surface area contributed by atoms with E-state index in [1.807, 2.05) is 69.3 Å². The monoisotopic (exact) mass is 926 g/mol. The highest BCUT2D eigenvalue weighted by Crippen LogP contribution is 2.42. The molecule has 68 heavy (non-hydrogen) atoms. The predicted molar refractivity (Wildman–Crippen MR) is 262 cm³/mol. The molecule has 3 aliphatic heterocycles. The molecule has 0 unspecified atom stereocenters. The van der Waals surface area contributed by atoms with Gasteiger partial charge in [-0.15, -0.1) is 0 Å². The third-order valence-corrected chi connectivity index (χ3v) is 14.0. The number of carbonyl (C=O) groups is 4. The highest BCUT2D eigenvalue weighted by atomic mass is 16.5. The van der Waals surface area contributed by atoms with E-state index in [2.05, 4.69) is 59.6 Å². The Morgan fingerprint density at radius 3 is 2.53 bits per heavy atom. The summed E-state index contributed by atoms with van der Waals surface area (Å²) in [6.45, 7) is 13.8. The van der Waals surface area contributed by atoms with E-state index in [0.29, 0.717) is 50.9 Å². The second-order valence-electron chi connectivity index (χ2n) is 19.9. The molecule has 2 aromatic heterocycles. The molecular weight excluding hydrogens is 859 g/mol. The van der Waals surface area contributed by atoms with E-state index in [1.54, 1.807) is 32.5 Å². The Hall–Kier alpha value is -6.09. The van der Waals surface area contributed by atoms with E-state index in [4.69, 9.17) is 14.5 Å². The molecule has 3 amide bonds. The van der Waals surface area contributed by atoms with E-state index >= 15 is 0 Å². The molecule has 8 rings (SSSR count). The number of hydrazine groups is 1. The van der Waals surface area contributed by atoms with Crippen molar-refractivity contribution in [3.05, 3.63) is 107 Å². The summed E-state index contributed by atoms with van der Waals surface area (Å²) in [6, 6.07) is 22.4. The Morgan fingerprint density at radius 1 is 1.01 bits per heavy atom. The van der Waals surface area contributed by atoms with Crippen molar-refractivity contribution < 1.29 is 33.8 Å². The molecule has 14 nitrogen and oxygen atoms in total. The van der Waals surface area contributed by atoms with Gasteiger partial charge in [0.2, 0.25) is 11.8 Å². The lowest BCUT2D eigenvalue weighted by Crippen LogP contribution is -2.62. The number of hydrogen-bond donors (Lipinski definition) is 4. The number of amides is 3. The van der Waals surface area contributed by atoms with Gasteiger partial charge >= 0.3 is 5.97 Å². The van der Waals surface area contributed by atoms with E-state index in [1.165, 1.54) is 9.91 Å². The number of benzene rings is 3. The summed E-state index contributed by atoms with van der Waals surface area (Å²) in [6.07, 6.45) is 3.68. The molecule has 5 aromatic rings. The van der Waals surface area contributed by atoms with Gasteiger partial charge in [0, 0.05) is 67.8 Å². The number of aromatic hydroxyl groups is 1. The number of likely N-dealkylation sites (N-methyl/N-ethyl adjacent to an activating group) is 1. The zero-order valence-electron chi connectivity index (χ0n) is 40.7. The fourth-order valence-corrected chi connectivity index (χ4v) is 10.6. The highest BCUT2D eigenvalue weighted by molar-refractivity contribution is 5.96. The van der Waals surface area contributed by atoms with Crippen molar-refractivity contribution in [2.45, 2.75) is 110 Å². The van der Waals surface area contributed by atoms with Crippen LogP contribution in [0.1, 0.15) is 95.3 Å². The van der Waals surface area contributed by atoms with Gasteiger partial charge in [0.05, 0.1) is 30.0 Å². The molecule has 3 aromatic carbocycles. The van der Waals surface area contributed by atoms with Gasteiger partial charge in [-0.1, -0.05) is 70.2 Å². The summed E-state index contributed by atoms with van der Waals surface area (Å²) in [5, 5.41) is 20.4. The van der Waals surface area contributed by atoms with E-state index in [9.17, 15) is 24.3 Å². The van der Waals surface area contributed by atoms with Gasteiger partial charge in [-0.2, -0.15) is 0 Å². The minimum absolute atomic E-state index is 0.00805. The lowest BCUT2D eigenvalue weighted by molar-refractivity contribution is -0.155. The van der Waals surface area contributed by atoms with Gasteiger partial charge in [-0.05, 0) is 116 Å². The second kappa shape index (κ2) is 20.2. The Balaban J connectivity index is 1.20. The van der Waals surface area contributed by atoms with Crippen LogP contribution in [0.25, 0.3) is 33.3 Å². The SMILES string of the molecule is CCn1c(-c2cccnc2[C@H](C)OC)c2c3cc(ccc31)-c1cc(O)cc(c1)C[C@H](NC(=O)[C@H](C(C)C)N(C)C(=O)[C@@H]1CCN[C@@H]1c1ccccc1)C(=O)N1CCC[C@H](N1)C(=O)OCC(C)(C)C2. The van der Waals surface area contributed by atoms with Crippen molar-refractivity contribution in [1.82, 2.24) is 35.5 Å². The van der Waals surface area contributed by atoms with Crippen LogP contribution in [0, 0.1) is 17.3 Å². The first-order chi connectivity index (χ1) is 32.6. The average molecular weight is 926 g/mol. The molecule has 2 fully saturated rings. The van der Waals surface area contributed by atoms with Crippen LogP contribution in [0.2, 0.25) is 0 Å². The number of rotatable bonds is 10. The van der Waals surface area contributed by atoms with Crippen LogP contribution in [0.15, 0.2) is 85.1 Å². The summed E-state index contributed by atoms with van der Waals surface area (Å²) >= 11 is 0. The first-order valence-electron chi connectivity index (χ1n) is 24.1. The van der Waals surface area contributed by atoms with Crippen LogP contribution in [-0.2, 0) is 48.0 Å². The van der Waals surface area contributed by atoms with Gasteiger partial charge in [0.15, 0.2) is 0 Å². The molecule has 0 spiro atoms. The number of aryl methyl sites for hydroxylation is 1. The third-order valence-electron chi connectivity index (χ3n) is 14.0. The molecular formula is C54H67N7O7. The topological polar surface area (TPSA) is 167 Å². The Labute approximate surface area is 399 Å². The van der Waals surface area contributed by atoms with Crippen LogP contribution in [0.4, 0.5) is 0 Å². The summed E-state index contributed by atoms with van der Waals surface area (Å²) in [5.74, 6) is -2.21. The first-order valence-corrected chi connectivity index (χ1v) is 24.1. The summed E-state index contributed by atoms with van der Waals surface area (Å²) in [5.41, 5.74) is 10.7. The smallest absolute Gasteiger partial charge is 0.324 e. The number of esters is 1. The van der Waals surface area contributed by atoms with E-state index < -0.39 is 41.3 Å². The maximum atomic E-state index is 14.8. The van der Waals surface area contributed by atoms with Crippen molar-refractivity contribution in [3.63, 3.8) is 0 Å². The Kier molecular flexibility index (Phi) is 14.4. The Bertz CT molecular complexity index is 2660. The number of fused-ring (bicyclic) bond motifs is 6. The highest BCUT2D eigenvalue weighted by Gasteiger charge is 2.41. The molecule has 14 heteroatoms. The minimum atomic E-state index is -1.13. The van der Waals surface area contributed by atoms with Crippen molar-refractivity contribution in [1.29, 1.82) is 0 Å². The molecule has 360 valence electrons. The van der Waals surface area contributed by atoms with Gasteiger partial charge in [-0.25, -0.2) is 5.43 Å². The number of phenolic OH excluding ortho intramolecular Hbond substituents is 1. The fraction of sp³-hybridized carbons (Fsp3) is 0.463. The third kappa shape index (κ3) is 9.90. The van der Waals surface area contributed by atoms with Crippen LogP contribution in [0.5, 0.6) is 5.75 Å². The standard InChI is InChI=1S/C54H67N7O7/c1-9-60-45-20-19-36-29-41(45)42(49(60)39-17-13-22-55-46(39)33(4)67-8)30-54(5,6)31-68-53(66)43-18-14-24-61(58-43)52(65)44(27-34-25-37(36)28-38(62)26-34)57-50(63)48(32(2)3)59(7)51(64)40-21-23-56-47(40)35-15-11-10-12-16-35/h10-13,15-17,19-20,22,25-26,28-29,32-33,40,43-44,47-48,56,58,62H,9,14,18,21,23-24,27,30-31H2,1-8H3,(H,57,63)/t33-,40+,43-,44-,47+,48-/m0/s1. The van der Waals surface area contributed by atoms with Gasteiger partial charge in [-0.3, -0.25) is 29.2 Å². The van der Waals surface area contributed by atoms with Crippen molar-refractivity contribution in [3.8, 4) is 28.1 Å². The number of methoxy groups -OCH3 is 1. The van der Waals surface area contributed by atoms with Crippen LogP contribution < -0.4 is 16.1 Å². The van der Waals surface area contributed by atoms with Crippen molar-refractivity contribution in [2.24, 2.45) is 17.3 Å². The summed E-state index contributed by atoms with van der Waals surface area (Å²) < 4.78 is 14.3. The summed E-state index contributed by atoms with van der Waals surface area (Å²) in [4.78, 5) is 64.2.